The predicted molar refractivity (Wildman–Crippen MR) is 73.1 cm³/mol. The molecule has 2 atom stereocenters. The number of aromatic nitrogens is 1. The molecule has 0 spiro atoms. The summed E-state index contributed by atoms with van der Waals surface area (Å²) in [5, 5.41) is 3.48. The third-order valence-electron chi connectivity index (χ3n) is 3.22. The van der Waals surface area contributed by atoms with E-state index >= 15 is 0 Å². The fraction of sp³-hybridized carbons (Fsp3) is 0.769. The number of aryl methyl sites for hydroxylation is 1. The van der Waals surface area contributed by atoms with Gasteiger partial charge in [-0.25, -0.2) is 4.98 Å². The molecule has 2 N–H and O–H groups in total. The molecule has 4 heteroatoms. The summed E-state index contributed by atoms with van der Waals surface area (Å²) in [5.41, 5.74) is 7.28. The number of likely N-dealkylation sites (tertiary alicyclic amines) is 1. The summed E-state index contributed by atoms with van der Waals surface area (Å²) in [6.45, 7) is 7.64. The Bertz CT molecular complexity index is 340. The van der Waals surface area contributed by atoms with Gasteiger partial charge in [0.05, 0.1) is 10.7 Å². The Morgan fingerprint density at radius 1 is 1.53 bits per heavy atom. The lowest BCUT2D eigenvalue weighted by molar-refractivity contribution is 0.157. The normalized spacial score (nSPS) is 26.3. The van der Waals surface area contributed by atoms with E-state index in [4.69, 9.17) is 5.73 Å². The summed E-state index contributed by atoms with van der Waals surface area (Å²) in [4.78, 5) is 7.13. The second-order valence-corrected chi connectivity index (χ2v) is 6.22. The highest BCUT2D eigenvalue weighted by Gasteiger charge is 2.22. The van der Waals surface area contributed by atoms with Crippen LogP contribution in [-0.4, -0.2) is 29.0 Å². The molecule has 0 saturated carbocycles. The smallest absolute Gasteiger partial charge is 0.0928 e. The molecule has 1 fully saturated rings. The number of piperidine rings is 1. The zero-order chi connectivity index (χ0) is 12.3. The lowest BCUT2D eigenvalue weighted by Crippen LogP contribution is -2.45. The van der Waals surface area contributed by atoms with Gasteiger partial charge in [-0.3, -0.25) is 4.90 Å². The number of rotatable bonds is 4. The first kappa shape index (κ1) is 13.0. The lowest BCUT2D eigenvalue weighted by Gasteiger charge is -2.34. The first-order valence-corrected chi connectivity index (χ1v) is 7.46. The third kappa shape index (κ3) is 3.76. The highest BCUT2D eigenvalue weighted by Crippen LogP contribution is 2.19. The molecule has 0 radical (unpaired) electrons. The van der Waals surface area contributed by atoms with Gasteiger partial charge < -0.3 is 5.73 Å². The molecular weight excluding hydrogens is 230 g/mol. The molecule has 96 valence electrons. The van der Waals surface area contributed by atoms with Crippen molar-refractivity contribution in [2.45, 2.75) is 45.7 Å². The molecule has 1 aliphatic heterocycles. The highest BCUT2D eigenvalue weighted by atomic mass is 32.1. The van der Waals surface area contributed by atoms with Crippen LogP contribution in [0.1, 0.15) is 37.4 Å². The topological polar surface area (TPSA) is 42.2 Å². The van der Waals surface area contributed by atoms with Crippen molar-refractivity contribution in [2.24, 2.45) is 11.7 Å². The van der Waals surface area contributed by atoms with Gasteiger partial charge in [0, 0.05) is 31.1 Å². The lowest BCUT2D eigenvalue weighted by atomic mass is 9.96. The minimum absolute atomic E-state index is 0.340. The van der Waals surface area contributed by atoms with Crippen LogP contribution in [0.3, 0.4) is 0 Å². The zero-order valence-corrected chi connectivity index (χ0v) is 11.7. The molecule has 0 amide bonds. The Morgan fingerprint density at radius 3 is 3.06 bits per heavy atom. The highest BCUT2D eigenvalue weighted by molar-refractivity contribution is 7.09. The molecule has 1 aliphatic rings. The van der Waals surface area contributed by atoms with Gasteiger partial charge in [0.15, 0.2) is 0 Å². The number of nitrogens with zero attached hydrogens (tertiary/aromatic N) is 2. The molecule has 0 aliphatic carbocycles. The minimum Gasteiger partial charge on any atom is -0.327 e. The van der Waals surface area contributed by atoms with E-state index in [0.717, 1.165) is 32.5 Å². The SMILES string of the molecule is CCCc1nc(CN2CC(C)CC(N)C2)cs1. The molecule has 3 nitrogen and oxygen atoms in total. The minimum atomic E-state index is 0.340. The van der Waals surface area contributed by atoms with Crippen LogP contribution in [0.5, 0.6) is 0 Å². The average molecular weight is 253 g/mol. The van der Waals surface area contributed by atoms with Gasteiger partial charge in [-0.1, -0.05) is 13.8 Å². The van der Waals surface area contributed by atoms with E-state index < -0.39 is 0 Å². The van der Waals surface area contributed by atoms with Crippen LogP contribution >= 0.6 is 11.3 Å². The van der Waals surface area contributed by atoms with Gasteiger partial charge in [-0.15, -0.1) is 11.3 Å². The average Bonchev–Trinajstić information content (AvgIpc) is 2.64. The van der Waals surface area contributed by atoms with Crippen LogP contribution in [0.15, 0.2) is 5.38 Å². The molecule has 0 aromatic carbocycles. The van der Waals surface area contributed by atoms with Crippen molar-refractivity contribution < 1.29 is 0 Å². The molecule has 2 heterocycles. The van der Waals surface area contributed by atoms with Gasteiger partial charge in [0.25, 0.3) is 0 Å². The van der Waals surface area contributed by atoms with Crippen LogP contribution < -0.4 is 5.73 Å². The fourth-order valence-corrected chi connectivity index (χ4v) is 3.51. The fourth-order valence-electron chi connectivity index (χ4n) is 2.62. The maximum atomic E-state index is 6.06. The monoisotopic (exact) mass is 253 g/mol. The van der Waals surface area contributed by atoms with E-state index in [-0.39, 0.29) is 0 Å². The zero-order valence-electron chi connectivity index (χ0n) is 10.9. The Hall–Kier alpha value is -0.450. The molecule has 17 heavy (non-hydrogen) atoms. The van der Waals surface area contributed by atoms with Crippen molar-refractivity contribution in [3.63, 3.8) is 0 Å². The molecular formula is C13H23N3S. The quantitative estimate of drug-likeness (QED) is 0.895. The van der Waals surface area contributed by atoms with Crippen molar-refractivity contribution >= 4 is 11.3 Å². The molecule has 1 aromatic rings. The Balaban J connectivity index is 1.90. The summed E-state index contributed by atoms with van der Waals surface area (Å²) in [6, 6.07) is 0.340. The Morgan fingerprint density at radius 2 is 2.35 bits per heavy atom. The van der Waals surface area contributed by atoms with E-state index in [2.05, 4.69) is 29.1 Å². The van der Waals surface area contributed by atoms with Gasteiger partial charge in [0.1, 0.15) is 0 Å². The van der Waals surface area contributed by atoms with Crippen LogP contribution in [-0.2, 0) is 13.0 Å². The largest absolute Gasteiger partial charge is 0.327 e. The van der Waals surface area contributed by atoms with Gasteiger partial charge in [0.2, 0.25) is 0 Å². The Labute approximate surface area is 108 Å². The Kier molecular flexibility index (Phi) is 4.54. The van der Waals surface area contributed by atoms with Crippen LogP contribution in [0, 0.1) is 5.92 Å². The van der Waals surface area contributed by atoms with Crippen molar-refractivity contribution in [3.05, 3.63) is 16.1 Å². The number of hydrogen-bond acceptors (Lipinski definition) is 4. The maximum Gasteiger partial charge on any atom is 0.0928 e. The standard InChI is InChI=1S/C13H23N3S/c1-3-4-13-15-12(9-17-13)8-16-6-10(2)5-11(14)7-16/h9-11H,3-8,14H2,1-2H3. The second-order valence-electron chi connectivity index (χ2n) is 5.28. The van der Waals surface area contributed by atoms with Crippen molar-refractivity contribution in [1.82, 2.24) is 9.88 Å². The predicted octanol–water partition coefficient (Wildman–Crippen LogP) is 2.26. The van der Waals surface area contributed by atoms with Crippen LogP contribution in [0.25, 0.3) is 0 Å². The first-order chi connectivity index (χ1) is 8.17. The molecule has 1 aromatic heterocycles. The summed E-state index contributed by atoms with van der Waals surface area (Å²) in [6.07, 6.45) is 3.45. The van der Waals surface area contributed by atoms with Crippen LogP contribution in [0.2, 0.25) is 0 Å². The summed E-state index contributed by atoms with van der Waals surface area (Å²) >= 11 is 1.80. The maximum absolute atomic E-state index is 6.06. The number of nitrogens with two attached hydrogens (primary N) is 1. The number of hydrogen-bond donors (Lipinski definition) is 1. The molecule has 0 bridgehead atoms. The number of thiazole rings is 1. The summed E-state index contributed by atoms with van der Waals surface area (Å²) < 4.78 is 0. The van der Waals surface area contributed by atoms with Crippen molar-refractivity contribution in [1.29, 1.82) is 0 Å². The molecule has 2 unspecified atom stereocenters. The van der Waals surface area contributed by atoms with Gasteiger partial charge in [-0.2, -0.15) is 0 Å². The molecule has 1 saturated heterocycles. The first-order valence-electron chi connectivity index (χ1n) is 6.58. The van der Waals surface area contributed by atoms with Crippen molar-refractivity contribution in [3.8, 4) is 0 Å². The van der Waals surface area contributed by atoms with E-state index in [1.54, 1.807) is 11.3 Å². The van der Waals surface area contributed by atoms with E-state index in [1.807, 2.05) is 0 Å². The van der Waals surface area contributed by atoms with Crippen molar-refractivity contribution in [2.75, 3.05) is 13.1 Å². The van der Waals surface area contributed by atoms with Crippen LogP contribution in [0.4, 0.5) is 0 Å². The van der Waals surface area contributed by atoms with Gasteiger partial charge >= 0.3 is 0 Å². The summed E-state index contributed by atoms with van der Waals surface area (Å²) in [7, 11) is 0. The third-order valence-corrected chi connectivity index (χ3v) is 4.17. The molecule has 2 rings (SSSR count). The van der Waals surface area contributed by atoms with E-state index in [9.17, 15) is 0 Å². The van der Waals surface area contributed by atoms with Gasteiger partial charge in [-0.05, 0) is 25.2 Å². The van der Waals surface area contributed by atoms with E-state index in [1.165, 1.54) is 17.1 Å². The van der Waals surface area contributed by atoms with E-state index in [0.29, 0.717) is 12.0 Å². The summed E-state index contributed by atoms with van der Waals surface area (Å²) in [5.74, 6) is 0.715. The second kappa shape index (κ2) is 5.94.